The number of rotatable bonds is 7. The van der Waals surface area contributed by atoms with Crippen molar-refractivity contribution >= 4 is 45.8 Å². The highest BCUT2D eigenvalue weighted by Gasteiger charge is 2.46. The molecule has 2 aromatic carbocycles. The quantitative estimate of drug-likeness (QED) is 0.499. The predicted molar refractivity (Wildman–Crippen MR) is 122 cm³/mol. The molecular formula is C22H22N4O5S. The summed E-state index contributed by atoms with van der Waals surface area (Å²) in [5, 5.41) is 13.7. The molecule has 2 fully saturated rings. The van der Waals surface area contributed by atoms with E-state index in [4.69, 9.17) is 9.73 Å². The minimum Gasteiger partial charge on any atom is -0.494 e. The molecule has 1 heterocycles. The number of anilines is 1. The van der Waals surface area contributed by atoms with Crippen LogP contribution >= 0.6 is 11.8 Å². The zero-order chi connectivity index (χ0) is 22.8. The molecule has 0 radical (unpaired) electrons. The Bertz CT molecular complexity index is 1120. The molecular weight excluding hydrogens is 432 g/mol. The minimum absolute atomic E-state index is 0.0420. The normalized spacial score (nSPS) is 19.3. The first-order chi connectivity index (χ1) is 15.4. The van der Waals surface area contributed by atoms with Crippen molar-refractivity contribution in [3.8, 4) is 5.75 Å². The lowest BCUT2D eigenvalue weighted by Gasteiger charge is -2.15. The maximum absolute atomic E-state index is 13.0. The fraction of sp³-hybridized carbons (Fsp3) is 0.318. The third-order valence-corrected chi connectivity index (χ3v) is 6.40. The summed E-state index contributed by atoms with van der Waals surface area (Å²) in [6.45, 7) is 1.96. The molecule has 1 aliphatic carbocycles. The molecule has 1 atom stereocenters. The zero-order valence-electron chi connectivity index (χ0n) is 17.6. The van der Waals surface area contributed by atoms with Crippen LogP contribution < -0.4 is 10.1 Å². The van der Waals surface area contributed by atoms with Crippen molar-refractivity contribution in [3.05, 3.63) is 58.1 Å². The second kappa shape index (κ2) is 8.99. The van der Waals surface area contributed by atoms with Crippen molar-refractivity contribution in [2.24, 2.45) is 4.99 Å². The van der Waals surface area contributed by atoms with E-state index < -0.39 is 10.2 Å². The van der Waals surface area contributed by atoms with E-state index >= 15 is 0 Å². The molecule has 0 bridgehead atoms. The SMILES string of the molecule is COc1cc([N+](=O)[O-])ccc1NC(=O)C[C@H]1SC(=Nc2ccccc2C)N(C2CC2)C1=O. The molecule has 1 saturated carbocycles. The molecule has 4 rings (SSSR count). The van der Waals surface area contributed by atoms with Gasteiger partial charge in [0.15, 0.2) is 5.17 Å². The van der Waals surface area contributed by atoms with E-state index in [0.29, 0.717) is 10.9 Å². The van der Waals surface area contributed by atoms with Gasteiger partial charge in [-0.15, -0.1) is 0 Å². The topological polar surface area (TPSA) is 114 Å². The number of hydrogen-bond acceptors (Lipinski definition) is 7. The number of amides is 2. The molecule has 0 aromatic heterocycles. The Morgan fingerprint density at radius 1 is 1.31 bits per heavy atom. The molecule has 2 amide bonds. The van der Waals surface area contributed by atoms with Gasteiger partial charge in [-0.3, -0.25) is 24.6 Å². The van der Waals surface area contributed by atoms with Crippen molar-refractivity contribution in [2.45, 2.75) is 37.5 Å². The second-order valence-corrected chi connectivity index (χ2v) is 8.79. The van der Waals surface area contributed by atoms with E-state index in [-0.39, 0.29) is 35.7 Å². The molecule has 32 heavy (non-hydrogen) atoms. The molecule has 0 spiro atoms. The monoisotopic (exact) mass is 454 g/mol. The molecule has 0 unspecified atom stereocenters. The number of amidine groups is 1. The summed E-state index contributed by atoms with van der Waals surface area (Å²) in [5.41, 5.74) is 1.98. The number of carbonyl (C=O) groups excluding carboxylic acids is 2. The van der Waals surface area contributed by atoms with Gasteiger partial charge in [0.1, 0.15) is 11.0 Å². The van der Waals surface area contributed by atoms with Gasteiger partial charge in [-0.1, -0.05) is 30.0 Å². The summed E-state index contributed by atoms with van der Waals surface area (Å²) >= 11 is 1.30. The minimum atomic E-state index is -0.581. The first-order valence-corrected chi connectivity index (χ1v) is 11.0. The fourth-order valence-electron chi connectivity index (χ4n) is 3.42. The van der Waals surface area contributed by atoms with E-state index in [1.807, 2.05) is 31.2 Å². The molecule has 2 aromatic rings. The van der Waals surface area contributed by atoms with E-state index in [2.05, 4.69) is 5.32 Å². The first kappa shape index (κ1) is 21.8. The number of nitro benzene ring substituents is 1. The van der Waals surface area contributed by atoms with Crippen LogP contribution in [-0.4, -0.2) is 45.2 Å². The summed E-state index contributed by atoms with van der Waals surface area (Å²) in [6, 6.07) is 11.8. The van der Waals surface area contributed by atoms with Gasteiger partial charge in [-0.25, -0.2) is 4.99 Å². The van der Waals surface area contributed by atoms with E-state index in [9.17, 15) is 19.7 Å². The summed E-state index contributed by atoms with van der Waals surface area (Å²) < 4.78 is 5.16. The largest absolute Gasteiger partial charge is 0.494 e. The van der Waals surface area contributed by atoms with E-state index in [1.165, 1.54) is 37.1 Å². The Balaban J connectivity index is 1.50. The van der Waals surface area contributed by atoms with Crippen molar-refractivity contribution in [2.75, 3.05) is 12.4 Å². The number of nitro groups is 1. The lowest BCUT2D eigenvalue weighted by Crippen LogP contribution is -2.35. The van der Waals surface area contributed by atoms with Crippen LogP contribution in [0.4, 0.5) is 17.1 Å². The number of thioether (sulfide) groups is 1. The number of ether oxygens (including phenoxy) is 1. The van der Waals surface area contributed by atoms with E-state index in [1.54, 1.807) is 4.90 Å². The Hall–Kier alpha value is -3.40. The number of non-ortho nitro benzene ring substituents is 1. The number of aliphatic imine (C=N–C) groups is 1. The Labute approximate surface area is 189 Å². The average Bonchev–Trinajstić information content (AvgIpc) is 3.55. The second-order valence-electron chi connectivity index (χ2n) is 7.62. The molecule has 10 heteroatoms. The summed E-state index contributed by atoms with van der Waals surface area (Å²) in [5.74, 6) is -0.314. The van der Waals surface area contributed by atoms with Gasteiger partial charge in [0.05, 0.1) is 29.5 Å². The van der Waals surface area contributed by atoms with E-state index in [0.717, 1.165) is 24.1 Å². The van der Waals surface area contributed by atoms with Crippen LogP contribution in [0.15, 0.2) is 47.5 Å². The third kappa shape index (κ3) is 4.59. The molecule has 2 aliphatic rings. The molecule has 1 aliphatic heterocycles. The average molecular weight is 455 g/mol. The van der Waals surface area contributed by atoms with Crippen LogP contribution in [0.25, 0.3) is 0 Å². The van der Waals surface area contributed by atoms with Gasteiger partial charge in [0, 0.05) is 18.5 Å². The first-order valence-electron chi connectivity index (χ1n) is 10.1. The number of nitrogens with one attached hydrogen (secondary N) is 1. The maximum atomic E-state index is 13.0. The smallest absolute Gasteiger partial charge is 0.273 e. The van der Waals surface area contributed by atoms with Gasteiger partial charge < -0.3 is 10.1 Å². The van der Waals surface area contributed by atoms with Crippen LogP contribution in [0.1, 0.15) is 24.8 Å². The highest BCUT2D eigenvalue weighted by molar-refractivity contribution is 8.15. The lowest BCUT2D eigenvalue weighted by atomic mass is 10.2. The lowest BCUT2D eigenvalue weighted by molar-refractivity contribution is -0.384. The molecule has 1 N–H and O–H groups in total. The van der Waals surface area contributed by atoms with Gasteiger partial charge in [-0.2, -0.15) is 0 Å². The number of aryl methyl sites for hydroxylation is 1. The van der Waals surface area contributed by atoms with Gasteiger partial charge in [0.25, 0.3) is 5.69 Å². The number of benzene rings is 2. The van der Waals surface area contributed by atoms with Crippen LogP contribution in [-0.2, 0) is 9.59 Å². The molecule has 9 nitrogen and oxygen atoms in total. The van der Waals surface area contributed by atoms with Crippen LogP contribution in [0.3, 0.4) is 0 Å². The van der Waals surface area contributed by atoms with Crippen LogP contribution in [0.5, 0.6) is 5.75 Å². The van der Waals surface area contributed by atoms with Crippen molar-refractivity contribution in [3.63, 3.8) is 0 Å². The number of methoxy groups -OCH3 is 1. The van der Waals surface area contributed by atoms with Gasteiger partial charge >= 0.3 is 0 Å². The van der Waals surface area contributed by atoms with Crippen LogP contribution in [0, 0.1) is 17.0 Å². The molecule has 166 valence electrons. The Morgan fingerprint density at radius 3 is 2.72 bits per heavy atom. The van der Waals surface area contributed by atoms with Crippen molar-refractivity contribution < 1.29 is 19.2 Å². The van der Waals surface area contributed by atoms with Crippen molar-refractivity contribution in [1.82, 2.24) is 4.90 Å². The Morgan fingerprint density at radius 2 is 2.06 bits per heavy atom. The zero-order valence-corrected chi connectivity index (χ0v) is 18.4. The number of hydrogen-bond donors (Lipinski definition) is 1. The molecule has 1 saturated heterocycles. The van der Waals surface area contributed by atoms with Crippen LogP contribution in [0.2, 0.25) is 0 Å². The summed E-state index contributed by atoms with van der Waals surface area (Å²) in [6.07, 6.45) is 1.82. The third-order valence-electron chi connectivity index (χ3n) is 5.25. The Kier molecular flexibility index (Phi) is 6.13. The summed E-state index contributed by atoms with van der Waals surface area (Å²) in [4.78, 5) is 42.6. The van der Waals surface area contributed by atoms with Gasteiger partial charge in [-0.05, 0) is 37.5 Å². The highest BCUT2D eigenvalue weighted by Crippen LogP contribution is 2.40. The van der Waals surface area contributed by atoms with Crippen molar-refractivity contribution in [1.29, 1.82) is 0 Å². The maximum Gasteiger partial charge on any atom is 0.273 e. The standard InChI is InChI=1S/C22H22N4O5S/c1-13-5-3-4-6-16(13)24-22-25(14-7-8-14)21(28)19(32-22)12-20(27)23-17-10-9-15(26(29)30)11-18(17)31-2/h3-6,9-11,14,19H,7-8,12H2,1-2H3,(H,23,27)/t19-/m1/s1. The predicted octanol–water partition coefficient (Wildman–Crippen LogP) is 4.03. The number of nitrogens with zero attached hydrogens (tertiary/aromatic N) is 3. The van der Waals surface area contributed by atoms with Gasteiger partial charge in [0.2, 0.25) is 11.8 Å². The fourth-order valence-corrected chi connectivity index (χ4v) is 4.63. The number of carbonyl (C=O) groups is 2. The highest BCUT2D eigenvalue weighted by atomic mass is 32.2. The number of para-hydroxylation sites is 1. The summed E-state index contributed by atoms with van der Waals surface area (Å²) in [7, 11) is 1.37.